The molecule has 3 rings (SSSR count). The number of aromatic nitrogens is 2. The van der Waals surface area contributed by atoms with Gasteiger partial charge in [-0.15, -0.1) is 0 Å². The summed E-state index contributed by atoms with van der Waals surface area (Å²) in [6, 6.07) is 12.7. The second-order valence-corrected chi connectivity index (χ2v) is 7.84. The molecule has 184 valence electrons. The van der Waals surface area contributed by atoms with Crippen molar-refractivity contribution in [2.45, 2.75) is 13.3 Å². The minimum atomic E-state index is -0.545. The maximum Gasteiger partial charge on any atom is 0.251 e. The van der Waals surface area contributed by atoms with E-state index in [1.54, 1.807) is 30.5 Å². The van der Waals surface area contributed by atoms with Gasteiger partial charge >= 0.3 is 0 Å². The van der Waals surface area contributed by atoms with E-state index in [1.807, 2.05) is 13.0 Å². The summed E-state index contributed by atoms with van der Waals surface area (Å²) in [5.74, 6) is -0.267. The van der Waals surface area contributed by atoms with Gasteiger partial charge in [-0.1, -0.05) is 6.58 Å². The van der Waals surface area contributed by atoms with Gasteiger partial charge < -0.3 is 20.9 Å². The van der Waals surface area contributed by atoms with E-state index in [2.05, 4.69) is 32.5 Å². The van der Waals surface area contributed by atoms with Crippen LogP contribution in [-0.2, 0) is 4.79 Å². The second kappa shape index (κ2) is 12.1. The molecule has 0 saturated heterocycles. The smallest absolute Gasteiger partial charge is 0.251 e. The molecule has 0 aliphatic carbocycles. The fraction of sp³-hybridized carbons (Fsp3) is 0.192. The first-order chi connectivity index (χ1) is 17.3. The van der Waals surface area contributed by atoms with E-state index in [1.165, 1.54) is 25.2 Å². The Labute approximate surface area is 208 Å². The molecule has 0 spiro atoms. The summed E-state index contributed by atoms with van der Waals surface area (Å²) in [5, 5.41) is 17.9. The van der Waals surface area contributed by atoms with Gasteiger partial charge in [0.2, 0.25) is 11.9 Å². The zero-order valence-corrected chi connectivity index (χ0v) is 20.0. The Bertz CT molecular complexity index is 1300. The number of carbonyl (C=O) groups excluding carboxylic acids is 2. The van der Waals surface area contributed by atoms with Crippen LogP contribution in [0.2, 0.25) is 0 Å². The molecule has 0 unspecified atom stereocenters. The van der Waals surface area contributed by atoms with Gasteiger partial charge in [0, 0.05) is 43.1 Å². The lowest BCUT2D eigenvalue weighted by atomic mass is 10.1. The predicted molar refractivity (Wildman–Crippen MR) is 137 cm³/mol. The lowest BCUT2D eigenvalue weighted by Crippen LogP contribution is -2.26. The fourth-order valence-electron chi connectivity index (χ4n) is 3.21. The van der Waals surface area contributed by atoms with Gasteiger partial charge in [0.1, 0.15) is 11.6 Å². The molecule has 10 heteroatoms. The number of hydrogen-bond donors (Lipinski definition) is 3. The summed E-state index contributed by atoms with van der Waals surface area (Å²) < 4.78 is 14.2. The predicted octanol–water partition coefficient (Wildman–Crippen LogP) is 3.92. The Hall–Kier alpha value is -4.78. The zero-order chi connectivity index (χ0) is 26.1. The van der Waals surface area contributed by atoms with Crippen molar-refractivity contribution in [1.29, 1.82) is 5.26 Å². The molecule has 0 aliphatic heterocycles. The van der Waals surface area contributed by atoms with E-state index in [4.69, 9.17) is 5.26 Å². The molecule has 0 fully saturated rings. The lowest BCUT2D eigenvalue weighted by Gasteiger charge is -2.17. The van der Waals surface area contributed by atoms with Crippen molar-refractivity contribution >= 4 is 35.0 Å². The molecule has 0 saturated carbocycles. The number of benzene rings is 2. The summed E-state index contributed by atoms with van der Waals surface area (Å²) in [6.45, 7) is 6.30. The molecule has 0 atom stereocenters. The molecule has 0 aliphatic rings. The number of nitrogens with zero attached hydrogens (tertiary/aromatic N) is 4. The Morgan fingerprint density at radius 3 is 2.64 bits per heavy atom. The van der Waals surface area contributed by atoms with Crippen LogP contribution in [0.1, 0.15) is 27.9 Å². The molecule has 0 radical (unpaired) electrons. The standard InChI is InChI=1S/C26H26FN7O2/c1-4-23(35)34(3)22-14-20(10-11-21(22)27)32-26-31-16-17(2)24(33-26)29-12-5-13-30-25(36)19-8-6-18(15-28)7-9-19/h4,6-11,14,16H,1,5,12-13H2,2-3H3,(H,30,36)(H2,29,31,32,33). The summed E-state index contributed by atoms with van der Waals surface area (Å²) in [5.41, 5.74) is 2.43. The number of rotatable bonds is 10. The molecule has 36 heavy (non-hydrogen) atoms. The van der Waals surface area contributed by atoms with Gasteiger partial charge in [0.15, 0.2) is 0 Å². The molecule has 0 bridgehead atoms. The monoisotopic (exact) mass is 487 g/mol. The van der Waals surface area contributed by atoms with E-state index in [-0.39, 0.29) is 11.6 Å². The summed E-state index contributed by atoms with van der Waals surface area (Å²) in [7, 11) is 1.46. The van der Waals surface area contributed by atoms with Crippen molar-refractivity contribution < 1.29 is 14.0 Å². The van der Waals surface area contributed by atoms with Crippen molar-refractivity contribution in [2.24, 2.45) is 0 Å². The van der Waals surface area contributed by atoms with Crippen molar-refractivity contribution in [3.05, 3.63) is 83.8 Å². The summed E-state index contributed by atoms with van der Waals surface area (Å²) in [6.07, 6.45) is 3.42. The average molecular weight is 488 g/mol. The van der Waals surface area contributed by atoms with E-state index < -0.39 is 11.7 Å². The number of carbonyl (C=O) groups is 2. The lowest BCUT2D eigenvalue weighted by molar-refractivity contribution is -0.113. The first-order valence-corrected chi connectivity index (χ1v) is 11.1. The molecule has 1 aromatic heterocycles. The van der Waals surface area contributed by atoms with Crippen LogP contribution in [-0.4, -0.2) is 41.9 Å². The molecule has 2 amide bonds. The largest absolute Gasteiger partial charge is 0.370 e. The van der Waals surface area contributed by atoms with Crippen LogP contribution >= 0.6 is 0 Å². The number of nitriles is 1. The Balaban J connectivity index is 1.55. The SMILES string of the molecule is C=CC(=O)N(C)c1cc(Nc2ncc(C)c(NCCCNC(=O)c3ccc(C#N)cc3)n2)ccc1F. The normalized spacial score (nSPS) is 10.2. The Morgan fingerprint density at radius 2 is 1.94 bits per heavy atom. The highest BCUT2D eigenvalue weighted by molar-refractivity contribution is 6.01. The topological polar surface area (TPSA) is 123 Å². The average Bonchev–Trinajstić information content (AvgIpc) is 2.90. The Kier molecular flexibility index (Phi) is 8.67. The first kappa shape index (κ1) is 25.8. The van der Waals surface area contributed by atoms with Crippen LogP contribution in [0.25, 0.3) is 0 Å². The number of aryl methyl sites for hydroxylation is 1. The number of hydrogen-bond acceptors (Lipinski definition) is 7. The highest BCUT2D eigenvalue weighted by Crippen LogP contribution is 2.25. The quantitative estimate of drug-likeness (QED) is 0.293. The number of nitrogens with one attached hydrogen (secondary N) is 3. The van der Waals surface area contributed by atoms with Gasteiger partial charge in [-0.05, 0) is 61.9 Å². The van der Waals surface area contributed by atoms with Crippen LogP contribution in [0.3, 0.4) is 0 Å². The van der Waals surface area contributed by atoms with Crippen LogP contribution < -0.4 is 20.9 Å². The van der Waals surface area contributed by atoms with Crippen LogP contribution in [0, 0.1) is 24.1 Å². The first-order valence-electron chi connectivity index (χ1n) is 11.1. The van der Waals surface area contributed by atoms with E-state index >= 15 is 0 Å². The summed E-state index contributed by atoms with van der Waals surface area (Å²) >= 11 is 0. The van der Waals surface area contributed by atoms with Crippen molar-refractivity contribution in [3.8, 4) is 6.07 Å². The van der Waals surface area contributed by atoms with Crippen LogP contribution in [0.5, 0.6) is 0 Å². The van der Waals surface area contributed by atoms with Gasteiger partial charge in [-0.3, -0.25) is 9.59 Å². The van der Waals surface area contributed by atoms with E-state index in [0.717, 1.165) is 16.5 Å². The van der Waals surface area contributed by atoms with Gasteiger partial charge in [0.05, 0.1) is 17.3 Å². The third-order valence-electron chi connectivity index (χ3n) is 5.25. The third-order valence-corrected chi connectivity index (χ3v) is 5.25. The zero-order valence-electron chi connectivity index (χ0n) is 20.0. The molecule has 3 N–H and O–H groups in total. The highest BCUT2D eigenvalue weighted by Gasteiger charge is 2.14. The number of amides is 2. The second-order valence-electron chi connectivity index (χ2n) is 7.84. The number of anilines is 4. The molecule has 2 aromatic carbocycles. The van der Waals surface area contributed by atoms with Crippen LogP contribution in [0.15, 0.2) is 61.3 Å². The molecular weight excluding hydrogens is 461 g/mol. The highest BCUT2D eigenvalue weighted by atomic mass is 19.1. The Morgan fingerprint density at radius 1 is 1.19 bits per heavy atom. The van der Waals surface area contributed by atoms with Crippen LogP contribution in [0.4, 0.5) is 27.5 Å². The number of likely N-dealkylation sites (N-methyl/N-ethyl adjacent to an activating group) is 1. The number of halogens is 1. The minimum Gasteiger partial charge on any atom is -0.370 e. The van der Waals surface area contributed by atoms with Gasteiger partial charge in [-0.25, -0.2) is 9.37 Å². The fourth-order valence-corrected chi connectivity index (χ4v) is 3.21. The van der Waals surface area contributed by atoms with Crippen molar-refractivity contribution in [2.75, 3.05) is 35.7 Å². The van der Waals surface area contributed by atoms with Gasteiger partial charge in [-0.2, -0.15) is 10.2 Å². The van der Waals surface area contributed by atoms with Gasteiger partial charge in [0.25, 0.3) is 5.91 Å². The van der Waals surface area contributed by atoms with E-state index in [9.17, 15) is 14.0 Å². The molecule has 1 heterocycles. The molecule has 3 aromatic rings. The summed E-state index contributed by atoms with van der Waals surface area (Å²) in [4.78, 5) is 34.0. The maximum atomic E-state index is 14.2. The maximum absolute atomic E-state index is 14.2. The van der Waals surface area contributed by atoms with Crippen molar-refractivity contribution in [1.82, 2.24) is 15.3 Å². The van der Waals surface area contributed by atoms with E-state index in [0.29, 0.717) is 48.1 Å². The van der Waals surface area contributed by atoms with Crippen molar-refractivity contribution in [3.63, 3.8) is 0 Å². The molecule has 9 nitrogen and oxygen atoms in total. The molecular formula is C26H26FN7O2. The third kappa shape index (κ3) is 6.64. The minimum absolute atomic E-state index is 0.0958.